The first-order valence-corrected chi connectivity index (χ1v) is 10.6. The van der Waals surface area contributed by atoms with Gasteiger partial charge in [-0.2, -0.15) is 0 Å². The van der Waals surface area contributed by atoms with Gasteiger partial charge >= 0.3 is 0 Å². The van der Waals surface area contributed by atoms with Crippen molar-refractivity contribution in [3.05, 3.63) is 42.2 Å². The van der Waals surface area contributed by atoms with E-state index in [1.165, 1.54) is 13.1 Å². The Morgan fingerprint density at radius 3 is 2.56 bits per heavy atom. The number of nitrogens with one attached hydrogen (secondary N) is 2. The van der Waals surface area contributed by atoms with E-state index in [4.69, 9.17) is 4.42 Å². The van der Waals surface area contributed by atoms with E-state index in [0.29, 0.717) is 17.2 Å². The molecule has 1 atom stereocenters. The van der Waals surface area contributed by atoms with Crippen LogP contribution in [0.2, 0.25) is 0 Å². The van der Waals surface area contributed by atoms with Crippen LogP contribution >= 0.6 is 0 Å². The van der Waals surface area contributed by atoms with Gasteiger partial charge in [0.2, 0.25) is 10.0 Å². The fraction of sp³-hybridized carbons (Fsp3) is 0.421. The van der Waals surface area contributed by atoms with Crippen LogP contribution in [-0.2, 0) is 10.0 Å². The maximum absolute atomic E-state index is 12.6. The molecular weight excluding hydrogens is 366 g/mol. The predicted octanol–water partition coefficient (Wildman–Crippen LogP) is 1.68. The molecule has 144 valence electrons. The number of hydrogen-bond acceptors (Lipinski definition) is 5. The minimum atomic E-state index is -3.63. The molecule has 7 nitrogen and oxygen atoms in total. The van der Waals surface area contributed by atoms with Crippen molar-refractivity contribution in [1.29, 1.82) is 0 Å². The quantitative estimate of drug-likeness (QED) is 0.812. The molecule has 2 aromatic rings. The third-order valence-corrected chi connectivity index (χ3v) is 6.99. The highest BCUT2D eigenvalue weighted by atomic mass is 32.2. The molecule has 5 rings (SSSR count). The van der Waals surface area contributed by atoms with Gasteiger partial charge in [0.25, 0.3) is 5.91 Å². The number of nitrogens with zero attached hydrogens (tertiary/aromatic N) is 1. The first-order valence-electron chi connectivity index (χ1n) is 9.14. The van der Waals surface area contributed by atoms with Crippen LogP contribution in [0.4, 0.5) is 0 Å². The first kappa shape index (κ1) is 18.2. The van der Waals surface area contributed by atoms with E-state index in [1.807, 2.05) is 0 Å². The SMILES string of the molecule is CNS(=O)(=O)c1ccccc1-c1ccc(C(=O)NC2CN3CCC2CC3)o1. The normalized spacial score (nSPS) is 24.7. The largest absolute Gasteiger partial charge is 0.451 e. The number of rotatable bonds is 5. The Morgan fingerprint density at radius 2 is 1.89 bits per heavy atom. The number of carbonyl (C=O) groups excluding carboxylic acids is 1. The first-order chi connectivity index (χ1) is 13.0. The third-order valence-electron chi connectivity index (χ3n) is 5.51. The lowest BCUT2D eigenvalue weighted by Gasteiger charge is -2.44. The van der Waals surface area contributed by atoms with Gasteiger partial charge in [-0.05, 0) is 63.2 Å². The van der Waals surface area contributed by atoms with Crippen LogP contribution in [0.3, 0.4) is 0 Å². The molecule has 0 saturated carbocycles. The lowest BCUT2D eigenvalue weighted by atomic mass is 9.84. The summed E-state index contributed by atoms with van der Waals surface area (Å²) < 4.78 is 32.5. The second-order valence-electron chi connectivity index (χ2n) is 7.09. The maximum Gasteiger partial charge on any atom is 0.287 e. The van der Waals surface area contributed by atoms with Crippen molar-refractivity contribution in [1.82, 2.24) is 14.9 Å². The van der Waals surface area contributed by atoms with Crippen molar-refractivity contribution < 1.29 is 17.6 Å². The van der Waals surface area contributed by atoms with Gasteiger partial charge < -0.3 is 14.6 Å². The zero-order valence-electron chi connectivity index (χ0n) is 15.1. The topological polar surface area (TPSA) is 91.6 Å². The fourth-order valence-corrected chi connectivity index (χ4v) is 4.92. The van der Waals surface area contributed by atoms with Crippen LogP contribution < -0.4 is 10.0 Å². The van der Waals surface area contributed by atoms with Gasteiger partial charge in [0.05, 0.1) is 4.90 Å². The van der Waals surface area contributed by atoms with E-state index in [0.717, 1.165) is 32.5 Å². The molecule has 1 aromatic carbocycles. The summed E-state index contributed by atoms with van der Waals surface area (Å²) in [6.45, 7) is 3.10. The highest BCUT2D eigenvalue weighted by molar-refractivity contribution is 7.89. The standard InChI is InChI=1S/C19H23N3O4S/c1-20-27(24,25)18-5-3-2-4-14(18)16-6-7-17(26-16)19(23)21-15-12-22-10-8-13(15)9-11-22/h2-7,13,15,20H,8-12H2,1H3,(H,21,23). The molecule has 0 spiro atoms. The van der Waals surface area contributed by atoms with E-state index < -0.39 is 10.0 Å². The smallest absolute Gasteiger partial charge is 0.287 e. The maximum atomic E-state index is 12.6. The van der Waals surface area contributed by atoms with Gasteiger partial charge in [0.1, 0.15) is 5.76 Å². The summed E-state index contributed by atoms with van der Waals surface area (Å²) in [5.74, 6) is 0.811. The number of fused-ring (bicyclic) bond motifs is 3. The molecule has 3 aliphatic rings. The van der Waals surface area contributed by atoms with Crippen LogP contribution in [0.1, 0.15) is 23.4 Å². The van der Waals surface area contributed by atoms with Crippen molar-refractivity contribution >= 4 is 15.9 Å². The summed E-state index contributed by atoms with van der Waals surface area (Å²) in [6, 6.07) is 9.93. The van der Waals surface area contributed by atoms with Crippen molar-refractivity contribution in [3.63, 3.8) is 0 Å². The molecule has 1 aromatic heterocycles. The summed E-state index contributed by atoms with van der Waals surface area (Å²) >= 11 is 0. The Morgan fingerprint density at radius 1 is 1.15 bits per heavy atom. The molecule has 0 aliphatic carbocycles. The van der Waals surface area contributed by atoms with E-state index >= 15 is 0 Å². The number of amides is 1. The Balaban J connectivity index is 1.55. The minimum Gasteiger partial charge on any atom is -0.451 e. The number of piperidine rings is 3. The zero-order chi connectivity index (χ0) is 19.0. The van der Waals surface area contributed by atoms with E-state index in [-0.39, 0.29) is 22.6 Å². The molecule has 2 bridgehead atoms. The van der Waals surface area contributed by atoms with Crippen LogP contribution in [0.25, 0.3) is 11.3 Å². The Hall–Kier alpha value is -2.16. The van der Waals surface area contributed by atoms with Gasteiger partial charge in [-0.15, -0.1) is 0 Å². The number of carbonyl (C=O) groups is 1. The summed E-state index contributed by atoms with van der Waals surface area (Å²) in [5, 5.41) is 3.08. The number of furan rings is 1. The molecule has 1 unspecified atom stereocenters. The number of benzene rings is 1. The van der Waals surface area contributed by atoms with Crippen LogP contribution in [0, 0.1) is 5.92 Å². The minimum absolute atomic E-state index is 0.117. The lowest BCUT2D eigenvalue weighted by molar-refractivity contribution is 0.0606. The summed E-state index contributed by atoms with van der Waals surface area (Å²) in [7, 11) is -2.27. The Kier molecular flexibility index (Phi) is 4.79. The summed E-state index contributed by atoms with van der Waals surface area (Å²) in [5.41, 5.74) is 0.425. The zero-order valence-corrected chi connectivity index (χ0v) is 16.0. The molecule has 3 aliphatic heterocycles. The van der Waals surface area contributed by atoms with Crippen molar-refractivity contribution in [3.8, 4) is 11.3 Å². The van der Waals surface area contributed by atoms with Crippen LogP contribution in [0.5, 0.6) is 0 Å². The number of hydrogen-bond donors (Lipinski definition) is 2. The summed E-state index contributed by atoms with van der Waals surface area (Å²) in [4.78, 5) is 15.1. The molecule has 3 fully saturated rings. The van der Waals surface area contributed by atoms with Crippen molar-refractivity contribution in [2.75, 3.05) is 26.7 Å². The monoisotopic (exact) mass is 389 g/mol. The fourth-order valence-electron chi connectivity index (χ4n) is 3.99. The average Bonchev–Trinajstić information content (AvgIpc) is 3.19. The molecule has 8 heteroatoms. The summed E-state index contributed by atoms with van der Waals surface area (Å²) in [6.07, 6.45) is 2.23. The highest BCUT2D eigenvalue weighted by Crippen LogP contribution is 2.30. The molecule has 4 heterocycles. The molecular formula is C19H23N3O4S. The van der Waals surface area contributed by atoms with Crippen LogP contribution in [0.15, 0.2) is 45.7 Å². The Bertz CT molecular complexity index is 945. The molecule has 3 saturated heterocycles. The van der Waals surface area contributed by atoms with Crippen molar-refractivity contribution in [2.45, 2.75) is 23.8 Å². The van der Waals surface area contributed by atoms with Gasteiger partial charge in [0.15, 0.2) is 5.76 Å². The molecule has 1 amide bonds. The predicted molar refractivity (Wildman–Crippen MR) is 101 cm³/mol. The van der Waals surface area contributed by atoms with Gasteiger partial charge in [-0.3, -0.25) is 4.79 Å². The Labute approximate surface area is 158 Å². The lowest BCUT2D eigenvalue weighted by Crippen LogP contribution is -2.57. The van der Waals surface area contributed by atoms with Gasteiger partial charge in [-0.1, -0.05) is 12.1 Å². The van der Waals surface area contributed by atoms with Gasteiger partial charge in [-0.25, -0.2) is 13.1 Å². The molecule has 27 heavy (non-hydrogen) atoms. The van der Waals surface area contributed by atoms with Crippen LogP contribution in [-0.4, -0.2) is 51.9 Å². The third kappa shape index (κ3) is 3.52. The van der Waals surface area contributed by atoms with E-state index in [9.17, 15) is 13.2 Å². The second kappa shape index (κ2) is 7.10. The van der Waals surface area contributed by atoms with E-state index in [2.05, 4.69) is 14.9 Å². The molecule has 0 radical (unpaired) electrons. The highest BCUT2D eigenvalue weighted by Gasteiger charge is 2.35. The van der Waals surface area contributed by atoms with Gasteiger partial charge in [0, 0.05) is 18.2 Å². The number of sulfonamides is 1. The second-order valence-corrected chi connectivity index (χ2v) is 8.94. The average molecular weight is 389 g/mol. The van der Waals surface area contributed by atoms with E-state index in [1.54, 1.807) is 30.3 Å². The van der Waals surface area contributed by atoms with Crippen molar-refractivity contribution in [2.24, 2.45) is 5.92 Å². The molecule has 2 N–H and O–H groups in total.